The third kappa shape index (κ3) is 5.24. The molecule has 0 saturated carbocycles. The Morgan fingerprint density at radius 3 is 2.52 bits per heavy atom. The summed E-state index contributed by atoms with van der Waals surface area (Å²) in [4.78, 5) is 39.7. The number of ether oxygens (including phenoxy) is 1. The van der Waals surface area contributed by atoms with Gasteiger partial charge in [-0.2, -0.15) is 4.79 Å². The molecule has 1 atom stereocenters. The summed E-state index contributed by atoms with van der Waals surface area (Å²) in [6.07, 6.45) is 1.40. The molecule has 1 saturated heterocycles. The van der Waals surface area contributed by atoms with Crippen molar-refractivity contribution in [1.82, 2.24) is 10.2 Å². The third-order valence-corrected chi connectivity index (χ3v) is 4.08. The van der Waals surface area contributed by atoms with E-state index in [9.17, 15) is 19.5 Å². The van der Waals surface area contributed by atoms with E-state index in [1.54, 1.807) is 0 Å². The number of carbonyl (C=O) groups is 3. The molecule has 0 bridgehead atoms. The topological polar surface area (TPSA) is 132 Å². The van der Waals surface area contributed by atoms with Gasteiger partial charge in [0.15, 0.2) is 0 Å². The highest BCUT2D eigenvalue weighted by Crippen LogP contribution is 2.25. The number of nitrogens with zero attached hydrogens (tertiary/aromatic N) is 3. The number of likely N-dealkylation sites (tertiary alicyclic amines) is 1. The van der Waals surface area contributed by atoms with Crippen LogP contribution in [0.5, 0.6) is 0 Å². The minimum Gasteiger partial charge on any atom is -0.480 e. The van der Waals surface area contributed by atoms with Gasteiger partial charge < -0.3 is 25.6 Å². The van der Waals surface area contributed by atoms with Crippen LogP contribution in [0.4, 0.5) is 0 Å². The van der Waals surface area contributed by atoms with Crippen molar-refractivity contribution in [2.24, 2.45) is 0 Å². The molecule has 0 aromatic heterocycles. The number of aliphatic carboxylic acids is 1. The molecule has 1 amide bonds. The average Bonchev–Trinajstić information content (AvgIpc) is 2.52. The Bertz CT molecular complexity index is 507. The van der Waals surface area contributed by atoms with Gasteiger partial charge in [-0.3, -0.25) is 9.59 Å². The summed E-state index contributed by atoms with van der Waals surface area (Å²) in [6.45, 7) is 1.34. The minimum atomic E-state index is -1.23. The Morgan fingerprint density at radius 2 is 2.04 bits per heavy atom. The predicted octanol–water partition coefficient (Wildman–Crippen LogP) is -0.683. The van der Waals surface area contributed by atoms with Crippen molar-refractivity contribution in [3.8, 4) is 0 Å². The van der Waals surface area contributed by atoms with Crippen molar-refractivity contribution in [1.29, 1.82) is 0 Å². The van der Waals surface area contributed by atoms with Crippen molar-refractivity contribution in [3.63, 3.8) is 0 Å². The minimum absolute atomic E-state index is 0.0916. The highest BCUT2D eigenvalue weighted by molar-refractivity contribution is 6.25. The molecule has 128 valence electrons. The summed E-state index contributed by atoms with van der Waals surface area (Å²) < 4.78 is 5.38. The number of hydrogen-bond acceptors (Lipinski definition) is 5. The zero-order valence-electron chi connectivity index (χ0n) is 13.3. The zero-order valence-corrected chi connectivity index (χ0v) is 13.3. The molecular weight excluding hydrogens is 304 g/mol. The highest BCUT2D eigenvalue weighted by Gasteiger charge is 2.42. The fourth-order valence-corrected chi connectivity index (χ4v) is 2.47. The van der Waals surface area contributed by atoms with Crippen LogP contribution in [0.1, 0.15) is 25.7 Å². The maximum atomic E-state index is 12.5. The predicted molar refractivity (Wildman–Crippen MR) is 80.0 cm³/mol. The first-order chi connectivity index (χ1) is 10.8. The van der Waals surface area contributed by atoms with Crippen LogP contribution >= 0.6 is 0 Å². The number of methoxy groups -OCH3 is 1. The number of rotatable bonds is 8. The number of Topliss-reactive ketones (excluding diaryl/α,β-unsaturated/α-hetero) is 1. The van der Waals surface area contributed by atoms with E-state index in [-0.39, 0.29) is 12.8 Å². The molecule has 9 nitrogen and oxygen atoms in total. The lowest BCUT2D eigenvalue weighted by Crippen LogP contribution is -2.57. The van der Waals surface area contributed by atoms with Gasteiger partial charge in [0.1, 0.15) is 11.6 Å². The van der Waals surface area contributed by atoms with Gasteiger partial charge >= 0.3 is 12.2 Å². The molecule has 1 aliphatic heterocycles. The van der Waals surface area contributed by atoms with Crippen LogP contribution in [0.2, 0.25) is 0 Å². The quantitative estimate of drug-likeness (QED) is 0.345. The van der Waals surface area contributed by atoms with Gasteiger partial charge in [-0.15, -0.1) is 0 Å². The van der Waals surface area contributed by atoms with Gasteiger partial charge in [-0.1, -0.05) is 0 Å². The Kier molecular flexibility index (Phi) is 7.02. The van der Waals surface area contributed by atoms with Crippen LogP contribution in [0.25, 0.3) is 5.53 Å². The number of carboxylic acids is 1. The molecule has 0 aliphatic carbocycles. The van der Waals surface area contributed by atoms with E-state index in [0.29, 0.717) is 32.1 Å². The highest BCUT2D eigenvalue weighted by atomic mass is 16.5. The summed E-state index contributed by atoms with van der Waals surface area (Å²) in [6, 6.07) is -1.20. The molecular formula is C14H22N4O5. The van der Waals surface area contributed by atoms with Crippen LogP contribution in [-0.2, 0) is 19.1 Å². The monoisotopic (exact) mass is 326 g/mol. The van der Waals surface area contributed by atoms with Crippen molar-refractivity contribution in [2.75, 3.05) is 27.2 Å². The van der Waals surface area contributed by atoms with E-state index in [1.165, 1.54) is 7.11 Å². The molecule has 1 aliphatic rings. The Morgan fingerprint density at radius 1 is 1.43 bits per heavy atom. The summed E-state index contributed by atoms with van der Waals surface area (Å²) in [5.41, 5.74) is 7.21. The van der Waals surface area contributed by atoms with Crippen molar-refractivity contribution < 1.29 is 29.0 Å². The fraction of sp³-hybridized carbons (Fsp3) is 0.714. The lowest BCUT2D eigenvalue weighted by atomic mass is 9.89. The van der Waals surface area contributed by atoms with Crippen LogP contribution in [0, 0.1) is 0 Å². The van der Waals surface area contributed by atoms with Gasteiger partial charge in [0.25, 0.3) is 5.91 Å². The summed E-state index contributed by atoms with van der Waals surface area (Å²) in [5.74, 6) is -2.23. The summed E-state index contributed by atoms with van der Waals surface area (Å²) in [5, 5.41) is 11.7. The molecule has 1 unspecified atom stereocenters. The first-order valence-electron chi connectivity index (χ1n) is 7.32. The smallest absolute Gasteiger partial charge is 0.326 e. The summed E-state index contributed by atoms with van der Waals surface area (Å²) >= 11 is 0. The molecule has 0 aromatic carbocycles. The fourth-order valence-electron chi connectivity index (χ4n) is 2.47. The van der Waals surface area contributed by atoms with E-state index in [0.717, 1.165) is 0 Å². The molecule has 0 spiro atoms. The molecule has 1 rings (SSSR count). The maximum Gasteiger partial charge on any atom is 0.326 e. The van der Waals surface area contributed by atoms with Crippen molar-refractivity contribution >= 4 is 23.9 Å². The lowest BCUT2D eigenvalue weighted by Gasteiger charge is -2.38. The molecule has 0 radical (unpaired) electrons. The second-order valence-corrected chi connectivity index (χ2v) is 5.62. The number of carboxylic acid groups (broad SMARTS) is 1. The van der Waals surface area contributed by atoms with Gasteiger partial charge in [0.05, 0.1) is 0 Å². The SMILES string of the molecule is COC1(C(=O)NC(CCC(=O)C=[N+]=[N-])C(=O)O)CCN(C)CC1. The van der Waals surface area contributed by atoms with Gasteiger partial charge in [-0.25, -0.2) is 4.79 Å². The van der Waals surface area contributed by atoms with E-state index in [1.807, 2.05) is 7.05 Å². The van der Waals surface area contributed by atoms with Gasteiger partial charge in [0.2, 0.25) is 5.78 Å². The second-order valence-electron chi connectivity index (χ2n) is 5.62. The Balaban J connectivity index is 2.71. The number of nitrogens with one attached hydrogen (secondary N) is 1. The largest absolute Gasteiger partial charge is 0.480 e. The van der Waals surface area contributed by atoms with E-state index < -0.39 is 29.3 Å². The van der Waals surface area contributed by atoms with Crippen LogP contribution in [0.15, 0.2) is 0 Å². The average molecular weight is 326 g/mol. The number of ketones is 1. The Labute approximate surface area is 134 Å². The third-order valence-electron chi connectivity index (χ3n) is 4.08. The van der Waals surface area contributed by atoms with Crippen LogP contribution < -0.4 is 5.32 Å². The van der Waals surface area contributed by atoms with Crippen LogP contribution in [-0.4, -0.2) is 77.6 Å². The number of carbonyl (C=O) groups excluding carboxylic acids is 2. The maximum absolute atomic E-state index is 12.5. The molecule has 9 heteroatoms. The van der Waals surface area contributed by atoms with Crippen LogP contribution in [0.3, 0.4) is 0 Å². The molecule has 1 heterocycles. The molecule has 2 N–H and O–H groups in total. The number of amides is 1. The molecule has 0 aromatic rings. The molecule has 23 heavy (non-hydrogen) atoms. The van der Waals surface area contributed by atoms with E-state index >= 15 is 0 Å². The second kappa shape index (κ2) is 8.52. The number of piperidine rings is 1. The van der Waals surface area contributed by atoms with Gasteiger partial charge in [0, 0.05) is 26.6 Å². The van der Waals surface area contributed by atoms with Gasteiger partial charge in [-0.05, 0) is 26.3 Å². The van der Waals surface area contributed by atoms with Crippen molar-refractivity contribution in [2.45, 2.75) is 37.3 Å². The number of hydrogen-bond donors (Lipinski definition) is 2. The standard InChI is InChI=1S/C14H22N4O5/c1-18-7-5-14(23-2,6-8-18)13(22)17-11(12(20)21)4-3-10(19)9-16-15/h9,11H,3-8H2,1-2H3,(H,17,22)(H,20,21). The zero-order chi connectivity index (χ0) is 17.5. The Hall–Kier alpha value is -2.09. The first-order valence-corrected chi connectivity index (χ1v) is 7.32. The summed E-state index contributed by atoms with van der Waals surface area (Å²) in [7, 11) is 3.37. The first kappa shape index (κ1) is 19.0. The van der Waals surface area contributed by atoms with Crippen molar-refractivity contribution in [3.05, 3.63) is 5.53 Å². The normalized spacial score (nSPS) is 18.5. The van der Waals surface area contributed by atoms with E-state index in [4.69, 9.17) is 10.3 Å². The molecule has 1 fully saturated rings. The lowest BCUT2D eigenvalue weighted by molar-refractivity contribution is -0.154. The van der Waals surface area contributed by atoms with E-state index in [2.05, 4.69) is 15.0 Å².